The Bertz CT molecular complexity index is 407. The molecule has 1 aliphatic heterocycles. The van der Waals surface area contributed by atoms with Gasteiger partial charge >= 0.3 is 0 Å². The maximum atomic E-state index is 5.70. The summed E-state index contributed by atoms with van der Waals surface area (Å²) in [6.45, 7) is 1.91. The first-order chi connectivity index (χ1) is 7.25. The van der Waals surface area contributed by atoms with Crippen molar-refractivity contribution < 1.29 is 0 Å². The monoisotopic (exact) mass is 201 g/mol. The van der Waals surface area contributed by atoms with E-state index in [1.807, 2.05) is 36.4 Å². The van der Waals surface area contributed by atoms with Gasteiger partial charge < -0.3 is 10.6 Å². The number of nitrogens with zero attached hydrogens (tertiary/aromatic N) is 2. The summed E-state index contributed by atoms with van der Waals surface area (Å²) < 4.78 is 0. The van der Waals surface area contributed by atoms with Gasteiger partial charge in [-0.1, -0.05) is 18.2 Å². The summed E-state index contributed by atoms with van der Waals surface area (Å²) in [4.78, 5) is 6.52. The Balaban J connectivity index is 2.11. The van der Waals surface area contributed by atoms with Crippen molar-refractivity contribution in [1.29, 1.82) is 0 Å². The quantitative estimate of drug-likeness (QED) is 0.739. The molecule has 0 amide bonds. The maximum absolute atomic E-state index is 5.70. The predicted molar refractivity (Wildman–Crippen MR) is 64.8 cm³/mol. The van der Waals surface area contributed by atoms with Crippen LogP contribution >= 0.6 is 0 Å². The van der Waals surface area contributed by atoms with E-state index in [0.717, 1.165) is 30.2 Å². The summed E-state index contributed by atoms with van der Waals surface area (Å²) in [5, 5.41) is 0. The van der Waals surface area contributed by atoms with Crippen LogP contribution in [-0.4, -0.2) is 30.9 Å². The molecule has 0 spiro atoms. The molecule has 0 aromatic heterocycles. The molecular weight excluding hydrogens is 186 g/mol. The fourth-order valence-electron chi connectivity index (χ4n) is 1.56. The first kappa shape index (κ1) is 9.77. The van der Waals surface area contributed by atoms with Crippen LogP contribution in [0.2, 0.25) is 0 Å². The van der Waals surface area contributed by atoms with Crippen LogP contribution < -0.4 is 5.73 Å². The van der Waals surface area contributed by atoms with Gasteiger partial charge in [-0.15, -0.1) is 0 Å². The van der Waals surface area contributed by atoms with E-state index in [9.17, 15) is 0 Å². The Kier molecular flexibility index (Phi) is 2.72. The van der Waals surface area contributed by atoms with E-state index >= 15 is 0 Å². The van der Waals surface area contributed by atoms with Crippen molar-refractivity contribution in [2.75, 3.05) is 25.9 Å². The molecule has 3 heteroatoms. The lowest BCUT2D eigenvalue weighted by molar-refractivity contribution is 0.558. The maximum Gasteiger partial charge on any atom is 0.123 e. The number of benzene rings is 1. The lowest BCUT2D eigenvalue weighted by Gasteiger charge is -2.09. The number of anilines is 1. The van der Waals surface area contributed by atoms with Gasteiger partial charge in [-0.05, 0) is 23.8 Å². The first-order valence-corrected chi connectivity index (χ1v) is 5.05. The topological polar surface area (TPSA) is 41.6 Å². The Labute approximate surface area is 89.9 Å². The van der Waals surface area contributed by atoms with Gasteiger partial charge in [-0.3, -0.25) is 4.99 Å². The Morgan fingerprint density at radius 2 is 2.27 bits per heavy atom. The molecule has 0 aliphatic carbocycles. The summed E-state index contributed by atoms with van der Waals surface area (Å²) in [6, 6.07) is 7.82. The number of rotatable bonds is 2. The van der Waals surface area contributed by atoms with Crippen molar-refractivity contribution in [3.63, 3.8) is 0 Å². The van der Waals surface area contributed by atoms with E-state index in [1.165, 1.54) is 0 Å². The van der Waals surface area contributed by atoms with Crippen molar-refractivity contribution in [3.05, 3.63) is 35.9 Å². The number of nitrogens with two attached hydrogens (primary N) is 1. The number of aliphatic imine (C=N–C) groups is 1. The fourth-order valence-corrected chi connectivity index (χ4v) is 1.56. The second-order valence-electron chi connectivity index (χ2n) is 3.66. The minimum Gasteiger partial charge on any atom is -0.399 e. The zero-order chi connectivity index (χ0) is 10.7. The summed E-state index contributed by atoms with van der Waals surface area (Å²) in [6.07, 6.45) is 4.07. The van der Waals surface area contributed by atoms with Crippen LogP contribution in [0.4, 0.5) is 5.69 Å². The average Bonchev–Trinajstić information content (AvgIpc) is 2.61. The molecule has 0 unspecified atom stereocenters. The normalized spacial score (nSPS) is 16.1. The van der Waals surface area contributed by atoms with E-state index in [4.69, 9.17) is 5.73 Å². The molecule has 0 bridgehead atoms. The third-order valence-corrected chi connectivity index (χ3v) is 2.44. The highest BCUT2D eigenvalue weighted by atomic mass is 15.2. The highest BCUT2D eigenvalue weighted by Gasteiger charge is 2.07. The molecule has 2 N–H and O–H groups in total. The summed E-state index contributed by atoms with van der Waals surface area (Å²) in [5.74, 6) is 1.04. The molecule has 15 heavy (non-hydrogen) atoms. The van der Waals surface area contributed by atoms with Gasteiger partial charge in [0.2, 0.25) is 0 Å². The summed E-state index contributed by atoms with van der Waals surface area (Å²) in [7, 11) is 2.05. The second-order valence-corrected chi connectivity index (χ2v) is 3.66. The molecule has 1 aromatic rings. The van der Waals surface area contributed by atoms with Crippen molar-refractivity contribution in [3.8, 4) is 0 Å². The van der Waals surface area contributed by atoms with E-state index < -0.39 is 0 Å². The van der Waals surface area contributed by atoms with Gasteiger partial charge in [0.05, 0.1) is 6.54 Å². The van der Waals surface area contributed by atoms with Crippen LogP contribution in [0.3, 0.4) is 0 Å². The molecule has 0 saturated heterocycles. The summed E-state index contributed by atoms with van der Waals surface area (Å²) >= 11 is 0. The fraction of sp³-hybridized carbons (Fsp3) is 0.250. The molecule has 2 rings (SSSR count). The minimum atomic E-state index is 0.791. The SMILES string of the molecule is CN1CCN=C1/C=C/c1cccc(N)c1. The molecule has 0 saturated carbocycles. The smallest absolute Gasteiger partial charge is 0.123 e. The van der Waals surface area contributed by atoms with E-state index in [0.29, 0.717) is 0 Å². The highest BCUT2D eigenvalue weighted by molar-refractivity contribution is 5.97. The second kappa shape index (κ2) is 4.17. The zero-order valence-electron chi connectivity index (χ0n) is 8.85. The molecule has 0 atom stereocenters. The van der Waals surface area contributed by atoms with Crippen LogP contribution in [-0.2, 0) is 0 Å². The van der Waals surface area contributed by atoms with Crippen LogP contribution in [0, 0.1) is 0 Å². The number of hydrogen-bond acceptors (Lipinski definition) is 3. The Morgan fingerprint density at radius 3 is 2.93 bits per heavy atom. The molecule has 1 aromatic carbocycles. The van der Waals surface area contributed by atoms with Gasteiger partial charge in [0, 0.05) is 19.3 Å². The summed E-state index contributed by atoms with van der Waals surface area (Å²) in [5.41, 5.74) is 7.59. The molecular formula is C12H15N3. The lowest BCUT2D eigenvalue weighted by atomic mass is 10.2. The van der Waals surface area contributed by atoms with Gasteiger partial charge in [0.1, 0.15) is 5.84 Å². The van der Waals surface area contributed by atoms with E-state index in [1.54, 1.807) is 0 Å². The van der Waals surface area contributed by atoms with Crippen LogP contribution in [0.1, 0.15) is 5.56 Å². The van der Waals surface area contributed by atoms with Crippen LogP contribution in [0.15, 0.2) is 35.3 Å². The number of likely N-dealkylation sites (N-methyl/N-ethyl adjacent to an activating group) is 1. The molecule has 78 valence electrons. The van der Waals surface area contributed by atoms with Crippen molar-refractivity contribution in [2.24, 2.45) is 4.99 Å². The van der Waals surface area contributed by atoms with Crippen molar-refractivity contribution in [2.45, 2.75) is 0 Å². The van der Waals surface area contributed by atoms with Gasteiger partial charge in [-0.2, -0.15) is 0 Å². The van der Waals surface area contributed by atoms with Crippen LogP contribution in [0.5, 0.6) is 0 Å². The molecule has 1 heterocycles. The van der Waals surface area contributed by atoms with Crippen LogP contribution in [0.25, 0.3) is 6.08 Å². The zero-order valence-corrected chi connectivity index (χ0v) is 8.85. The first-order valence-electron chi connectivity index (χ1n) is 5.05. The number of hydrogen-bond donors (Lipinski definition) is 1. The average molecular weight is 201 g/mol. The molecule has 0 radical (unpaired) electrons. The standard InChI is InChI=1S/C12H15N3/c1-15-8-7-14-12(15)6-5-10-3-2-4-11(13)9-10/h2-6,9H,7-8,13H2,1H3/b6-5+. The highest BCUT2D eigenvalue weighted by Crippen LogP contribution is 2.09. The van der Waals surface area contributed by atoms with Gasteiger partial charge in [-0.25, -0.2) is 0 Å². The van der Waals surface area contributed by atoms with Crippen molar-refractivity contribution in [1.82, 2.24) is 4.90 Å². The molecule has 0 fully saturated rings. The van der Waals surface area contributed by atoms with E-state index in [2.05, 4.69) is 16.9 Å². The lowest BCUT2D eigenvalue weighted by Crippen LogP contribution is -2.20. The Morgan fingerprint density at radius 1 is 1.40 bits per heavy atom. The largest absolute Gasteiger partial charge is 0.399 e. The third kappa shape index (κ3) is 2.37. The van der Waals surface area contributed by atoms with E-state index in [-0.39, 0.29) is 0 Å². The van der Waals surface area contributed by atoms with Crippen molar-refractivity contribution >= 4 is 17.6 Å². The molecule has 1 aliphatic rings. The van der Waals surface area contributed by atoms with Gasteiger partial charge in [0.25, 0.3) is 0 Å². The predicted octanol–water partition coefficient (Wildman–Crippen LogP) is 1.63. The Hall–Kier alpha value is -1.77. The van der Waals surface area contributed by atoms with Gasteiger partial charge in [0.15, 0.2) is 0 Å². The molecule has 3 nitrogen and oxygen atoms in total. The minimum absolute atomic E-state index is 0.791. The number of nitrogen functional groups attached to an aromatic ring is 1. The third-order valence-electron chi connectivity index (χ3n) is 2.44. The number of amidine groups is 1.